The zero-order chi connectivity index (χ0) is 13.9. The van der Waals surface area contributed by atoms with Crippen LogP contribution < -0.4 is 5.32 Å². The number of rotatable bonds is 12. The zero-order valence-corrected chi connectivity index (χ0v) is 12.5. The SMILES string of the molecule is CCCNC1CC(OCCCOCCOC)C1OC. The molecule has 0 aromatic heterocycles. The molecule has 0 aromatic carbocycles. The minimum absolute atomic E-state index is 0.195. The Bertz CT molecular complexity index is 216. The van der Waals surface area contributed by atoms with Gasteiger partial charge in [0.05, 0.1) is 25.4 Å². The van der Waals surface area contributed by atoms with E-state index >= 15 is 0 Å². The van der Waals surface area contributed by atoms with Crippen LogP contribution in [0.25, 0.3) is 0 Å². The van der Waals surface area contributed by atoms with Crippen LogP contribution in [-0.4, -0.2) is 65.4 Å². The van der Waals surface area contributed by atoms with Gasteiger partial charge in [-0.2, -0.15) is 0 Å². The Labute approximate surface area is 116 Å². The van der Waals surface area contributed by atoms with E-state index in [-0.39, 0.29) is 12.2 Å². The van der Waals surface area contributed by atoms with Gasteiger partial charge in [-0.3, -0.25) is 0 Å². The molecule has 0 bridgehead atoms. The van der Waals surface area contributed by atoms with Crippen LogP contribution in [0.3, 0.4) is 0 Å². The highest BCUT2D eigenvalue weighted by Crippen LogP contribution is 2.27. The summed E-state index contributed by atoms with van der Waals surface area (Å²) in [7, 11) is 3.44. The van der Waals surface area contributed by atoms with Crippen LogP contribution in [0.4, 0.5) is 0 Å². The fourth-order valence-electron chi connectivity index (χ4n) is 2.23. The van der Waals surface area contributed by atoms with Gasteiger partial charge in [0.25, 0.3) is 0 Å². The third-order valence-electron chi connectivity index (χ3n) is 3.37. The molecule has 19 heavy (non-hydrogen) atoms. The van der Waals surface area contributed by atoms with Gasteiger partial charge in [0.2, 0.25) is 0 Å². The van der Waals surface area contributed by atoms with Crippen molar-refractivity contribution >= 4 is 0 Å². The summed E-state index contributed by atoms with van der Waals surface area (Å²) < 4.78 is 21.6. The van der Waals surface area contributed by atoms with Crippen molar-refractivity contribution in [3.8, 4) is 0 Å². The van der Waals surface area contributed by atoms with E-state index in [9.17, 15) is 0 Å². The highest BCUT2D eigenvalue weighted by Gasteiger charge is 2.41. The Morgan fingerprint density at radius 3 is 2.63 bits per heavy atom. The lowest BCUT2D eigenvalue weighted by molar-refractivity contribution is -0.135. The second-order valence-electron chi connectivity index (χ2n) is 4.86. The van der Waals surface area contributed by atoms with Gasteiger partial charge in [-0.1, -0.05) is 6.92 Å². The normalized spacial score (nSPS) is 26.4. The molecule has 3 unspecified atom stereocenters. The van der Waals surface area contributed by atoms with Gasteiger partial charge in [0.15, 0.2) is 0 Å². The first-order valence-corrected chi connectivity index (χ1v) is 7.28. The molecule has 0 aromatic rings. The molecule has 0 aliphatic heterocycles. The topological polar surface area (TPSA) is 49.0 Å². The van der Waals surface area contributed by atoms with Crippen molar-refractivity contribution in [3.63, 3.8) is 0 Å². The van der Waals surface area contributed by atoms with Crippen LogP contribution >= 0.6 is 0 Å². The minimum Gasteiger partial charge on any atom is -0.382 e. The van der Waals surface area contributed by atoms with E-state index in [4.69, 9.17) is 18.9 Å². The molecule has 5 heteroatoms. The molecule has 0 saturated heterocycles. The standard InChI is InChI=1S/C14H29NO4/c1-4-6-15-12-11-13(14(12)17-3)19-8-5-7-18-10-9-16-2/h12-15H,4-11H2,1-3H3. The van der Waals surface area contributed by atoms with Crippen LogP contribution in [-0.2, 0) is 18.9 Å². The predicted octanol–water partition coefficient (Wildman–Crippen LogP) is 1.21. The Kier molecular flexibility index (Phi) is 9.38. The number of nitrogens with one attached hydrogen (secondary N) is 1. The van der Waals surface area contributed by atoms with Gasteiger partial charge in [-0.05, 0) is 25.8 Å². The summed E-state index contributed by atoms with van der Waals surface area (Å²) in [5.41, 5.74) is 0. The second-order valence-corrected chi connectivity index (χ2v) is 4.86. The van der Waals surface area contributed by atoms with E-state index in [1.54, 1.807) is 14.2 Å². The summed E-state index contributed by atoms with van der Waals surface area (Å²) in [5.74, 6) is 0. The molecular formula is C14H29NO4. The molecule has 1 aliphatic rings. The molecule has 1 rings (SSSR count). The summed E-state index contributed by atoms with van der Waals surface area (Å²) in [4.78, 5) is 0. The largest absolute Gasteiger partial charge is 0.382 e. The molecule has 1 N–H and O–H groups in total. The first kappa shape index (κ1) is 16.9. The van der Waals surface area contributed by atoms with Gasteiger partial charge in [0.1, 0.15) is 0 Å². The Balaban J connectivity index is 1.98. The average molecular weight is 275 g/mol. The number of methoxy groups -OCH3 is 2. The molecule has 0 spiro atoms. The maximum Gasteiger partial charge on any atom is 0.0986 e. The summed E-state index contributed by atoms with van der Waals surface area (Å²) in [5, 5.41) is 3.48. The summed E-state index contributed by atoms with van der Waals surface area (Å²) in [6, 6.07) is 0.452. The lowest BCUT2D eigenvalue weighted by Gasteiger charge is -2.43. The number of hydrogen-bond acceptors (Lipinski definition) is 5. The fourth-order valence-corrected chi connectivity index (χ4v) is 2.23. The van der Waals surface area contributed by atoms with E-state index in [1.165, 1.54) is 0 Å². The van der Waals surface area contributed by atoms with Crippen LogP contribution in [0.1, 0.15) is 26.2 Å². The highest BCUT2D eigenvalue weighted by atomic mass is 16.5. The molecule has 0 radical (unpaired) electrons. The summed E-state index contributed by atoms with van der Waals surface area (Å²) in [6.45, 7) is 5.99. The molecule has 114 valence electrons. The first-order valence-electron chi connectivity index (χ1n) is 7.28. The fraction of sp³-hybridized carbons (Fsp3) is 1.00. The highest BCUT2D eigenvalue weighted by molar-refractivity contribution is 4.96. The smallest absolute Gasteiger partial charge is 0.0986 e. The maximum atomic E-state index is 5.82. The van der Waals surface area contributed by atoms with Gasteiger partial charge < -0.3 is 24.3 Å². The van der Waals surface area contributed by atoms with Crippen molar-refractivity contribution in [3.05, 3.63) is 0 Å². The molecule has 1 fully saturated rings. The Morgan fingerprint density at radius 1 is 1.11 bits per heavy atom. The minimum atomic E-state index is 0.195. The summed E-state index contributed by atoms with van der Waals surface area (Å²) in [6.07, 6.45) is 3.54. The van der Waals surface area contributed by atoms with Crippen LogP contribution in [0, 0.1) is 0 Å². The molecule has 1 saturated carbocycles. The number of ether oxygens (including phenoxy) is 4. The van der Waals surface area contributed by atoms with E-state index in [2.05, 4.69) is 12.2 Å². The lowest BCUT2D eigenvalue weighted by atomic mass is 9.85. The van der Waals surface area contributed by atoms with E-state index in [1.807, 2.05) is 0 Å². The molecule has 1 aliphatic carbocycles. The molecular weight excluding hydrogens is 246 g/mol. The van der Waals surface area contributed by atoms with E-state index in [0.717, 1.165) is 39.0 Å². The van der Waals surface area contributed by atoms with E-state index in [0.29, 0.717) is 19.3 Å². The maximum absolute atomic E-state index is 5.82. The molecule has 0 heterocycles. The number of hydrogen-bond donors (Lipinski definition) is 1. The quantitative estimate of drug-likeness (QED) is 0.543. The summed E-state index contributed by atoms with van der Waals surface area (Å²) >= 11 is 0. The Morgan fingerprint density at radius 2 is 1.95 bits per heavy atom. The van der Waals surface area contributed by atoms with Crippen LogP contribution in [0.15, 0.2) is 0 Å². The van der Waals surface area contributed by atoms with Crippen LogP contribution in [0.5, 0.6) is 0 Å². The first-order chi connectivity index (χ1) is 9.33. The van der Waals surface area contributed by atoms with Crippen molar-refractivity contribution in [1.82, 2.24) is 5.32 Å². The van der Waals surface area contributed by atoms with Crippen molar-refractivity contribution in [2.24, 2.45) is 0 Å². The monoisotopic (exact) mass is 275 g/mol. The van der Waals surface area contributed by atoms with Crippen LogP contribution in [0.2, 0.25) is 0 Å². The van der Waals surface area contributed by atoms with Crippen molar-refractivity contribution in [2.45, 2.75) is 44.4 Å². The van der Waals surface area contributed by atoms with Gasteiger partial charge in [0, 0.05) is 33.5 Å². The Hall–Kier alpha value is -0.200. The average Bonchev–Trinajstić information content (AvgIpc) is 2.40. The third kappa shape index (κ3) is 6.19. The molecule has 5 nitrogen and oxygen atoms in total. The van der Waals surface area contributed by atoms with Crippen molar-refractivity contribution in [1.29, 1.82) is 0 Å². The molecule has 3 atom stereocenters. The predicted molar refractivity (Wildman–Crippen MR) is 74.5 cm³/mol. The zero-order valence-electron chi connectivity index (χ0n) is 12.5. The second kappa shape index (κ2) is 10.6. The van der Waals surface area contributed by atoms with Crippen molar-refractivity contribution in [2.75, 3.05) is 47.2 Å². The van der Waals surface area contributed by atoms with Gasteiger partial charge in [-0.25, -0.2) is 0 Å². The van der Waals surface area contributed by atoms with Gasteiger partial charge >= 0.3 is 0 Å². The third-order valence-corrected chi connectivity index (χ3v) is 3.37. The lowest BCUT2D eigenvalue weighted by Crippen LogP contribution is -2.59. The van der Waals surface area contributed by atoms with E-state index < -0.39 is 0 Å². The van der Waals surface area contributed by atoms with Gasteiger partial charge in [-0.15, -0.1) is 0 Å². The van der Waals surface area contributed by atoms with Crippen molar-refractivity contribution < 1.29 is 18.9 Å². The molecule has 0 amide bonds.